The molecule has 1 aliphatic heterocycles. The molecule has 3 rings (SSSR count). The first-order valence-electron chi connectivity index (χ1n) is 11.9. The van der Waals surface area contributed by atoms with E-state index in [4.69, 9.17) is 0 Å². The average molecular weight is 444 g/mol. The van der Waals surface area contributed by atoms with E-state index in [0.29, 0.717) is 36.9 Å². The molecule has 0 spiro atoms. The Morgan fingerprint density at radius 3 is 2.28 bits per heavy atom. The monoisotopic (exact) mass is 443 g/mol. The number of anilines is 2. The van der Waals surface area contributed by atoms with Crippen LogP contribution in [0, 0.1) is 11.8 Å². The standard InChI is InChI=1S/C24H37N5O3/c1-17(2)13-14-25-22(30)18-6-5-15-29(16-18)24(32)28-21-11-9-20(10-12-21)27-23(31)26-19-7-3-4-8-19/h9-12,17-19H,3-8,13-16H2,1-2H3,(H,25,30)(H,28,32)(H2,26,27,31). The van der Waals surface area contributed by atoms with Crippen LogP contribution in [-0.2, 0) is 4.79 Å². The third kappa shape index (κ3) is 7.43. The summed E-state index contributed by atoms with van der Waals surface area (Å²) in [5.41, 5.74) is 1.33. The zero-order chi connectivity index (χ0) is 22.9. The summed E-state index contributed by atoms with van der Waals surface area (Å²) >= 11 is 0. The smallest absolute Gasteiger partial charge is 0.321 e. The summed E-state index contributed by atoms with van der Waals surface area (Å²) in [6.07, 6.45) is 6.98. The predicted octanol–water partition coefficient (Wildman–Crippen LogP) is 4.16. The minimum atomic E-state index is -0.204. The van der Waals surface area contributed by atoms with Gasteiger partial charge in [-0.2, -0.15) is 0 Å². The van der Waals surface area contributed by atoms with Crippen molar-refractivity contribution >= 4 is 29.3 Å². The lowest BCUT2D eigenvalue weighted by molar-refractivity contribution is -0.126. The number of rotatable bonds is 7. The van der Waals surface area contributed by atoms with Gasteiger partial charge in [0.05, 0.1) is 5.92 Å². The van der Waals surface area contributed by atoms with Crippen LogP contribution in [0.4, 0.5) is 21.0 Å². The van der Waals surface area contributed by atoms with Crippen molar-refractivity contribution in [3.05, 3.63) is 24.3 Å². The molecule has 0 bridgehead atoms. The summed E-state index contributed by atoms with van der Waals surface area (Å²) in [6, 6.07) is 6.94. The Bertz CT molecular complexity index is 774. The van der Waals surface area contributed by atoms with E-state index in [1.54, 1.807) is 29.2 Å². The van der Waals surface area contributed by atoms with Gasteiger partial charge in [-0.15, -0.1) is 0 Å². The number of hydrogen-bond donors (Lipinski definition) is 4. The van der Waals surface area contributed by atoms with Crippen LogP contribution in [0.5, 0.6) is 0 Å². The van der Waals surface area contributed by atoms with E-state index < -0.39 is 0 Å². The van der Waals surface area contributed by atoms with Gasteiger partial charge in [0.1, 0.15) is 0 Å². The van der Waals surface area contributed by atoms with Gasteiger partial charge in [-0.3, -0.25) is 4.79 Å². The molecule has 1 saturated carbocycles. The fraction of sp³-hybridized carbons (Fsp3) is 0.625. The van der Waals surface area contributed by atoms with Crippen LogP contribution >= 0.6 is 0 Å². The first kappa shape index (κ1) is 23.9. The van der Waals surface area contributed by atoms with Gasteiger partial charge in [0.2, 0.25) is 5.91 Å². The summed E-state index contributed by atoms with van der Waals surface area (Å²) < 4.78 is 0. The first-order valence-corrected chi connectivity index (χ1v) is 11.9. The summed E-state index contributed by atoms with van der Waals surface area (Å²) in [6.45, 7) is 6.01. The minimum Gasteiger partial charge on any atom is -0.356 e. The van der Waals surface area contributed by atoms with E-state index in [9.17, 15) is 14.4 Å². The highest BCUT2D eigenvalue weighted by Crippen LogP contribution is 2.20. The van der Waals surface area contributed by atoms with Crippen LogP contribution < -0.4 is 21.3 Å². The molecule has 4 N–H and O–H groups in total. The molecule has 176 valence electrons. The Hall–Kier alpha value is -2.77. The minimum absolute atomic E-state index is 0.0365. The highest BCUT2D eigenvalue weighted by atomic mass is 16.2. The Morgan fingerprint density at radius 1 is 0.969 bits per heavy atom. The van der Waals surface area contributed by atoms with Gasteiger partial charge in [-0.1, -0.05) is 26.7 Å². The number of hydrogen-bond acceptors (Lipinski definition) is 3. The van der Waals surface area contributed by atoms with E-state index in [2.05, 4.69) is 35.1 Å². The summed E-state index contributed by atoms with van der Waals surface area (Å²) in [7, 11) is 0. The third-order valence-corrected chi connectivity index (χ3v) is 6.18. The molecule has 2 aliphatic rings. The van der Waals surface area contributed by atoms with Gasteiger partial charge in [-0.25, -0.2) is 9.59 Å². The number of nitrogens with one attached hydrogen (secondary N) is 4. The van der Waals surface area contributed by atoms with E-state index in [0.717, 1.165) is 32.1 Å². The second-order valence-electron chi connectivity index (χ2n) is 9.35. The quantitative estimate of drug-likeness (QED) is 0.509. The van der Waals surface area contributed by atoms with Gasteiger partial charge in [0.25, 0.3) is 0 Å². The predicted molar refractivity (Wildman–Crippen MR) is 127 cm³/mol. The van der Waals surface area contributed by atoms with Crippen LogP contribution in [-0.4, -0.2) is 48.5 Å². The Morgan fingerprint density at radius 2 is 1.62 bits per heavy atom. The molecule has 0 aromatic heterocycles. The highest BCUT2D eigenvalue weighted by molar-refractivity contribution is 5.92. The molecule has 8 heteroatoms. The Labute approximate surface area is 190 Å². The largest absolute Gasteiger partial charge is 0.356 e. The maximum atomic E-state index is 12.7. The van der Waals surface area contributed by atoms with Crippen molar-refractivity contribution in [2.45, 2.75) is 64.8 Å². The zero-order valence-corrected chi connectivity index (χ0v) is 19.3. The maximum Gasteiger partial charge on any atom is 0.321 e. The molecule has 8 nitrogen and oxygen atoms in total. The second-order valence-corrected chi connectivity index (χ2v) is 9.35. The average Bonchev–Trinajstić information content (AvgIpc) is 3.27. The van der Waals surface area contributed by atoms with Crippen LogP contribution in [0.25, 0.3) is 0 Å². The van der Waals surface area contributed by atoms with E-state index >= 15 is 0 Å². The number of likely N-dealkylation sites (tertiary alicyclic amines) is 1. The first-order chi connectivity index (χ1) is 15.4. The molecule has 1 aromatic carbocycles. The number of piperidine rings is 1. The molecule has 1 saturated heterocycles. The molecule has 32 heavy (non-hydrogen) atoms. The number of benzene rings is 1. The fourth-order valence-electron chi connectivity index (χ4n) is 4.27. The maximum absolute atomic E-state index is 12.7. The molecule has 0 radical (unpaired) electrons. The summed E-state index contributed by atoms with van der Waals surface area (Å²) in [4.78, 5) is 38.9. The van der Waals surface area contributed by atoms with Crippen LogP contribution in [0.15, 0.2) is 24.3 Å². The van der Waals surface area contributed by atoms with Gasteiger partial charge in [0, 0.05) is 37.1 Å². The number of amides is 5. The Balaban J connectivity index is 1.44. The molecule has 1 unspecified atom stereocenters. The lowest BCUT2D eigenvalue weighted by atomic mass is 9.97. The van der Waals surface area contributed by atoms with Gasteiger partial charge in [-0.05, 0) is 62.3 Å². The van der Waals surface area contributed by atoms with Crippen molar-refractivity contribution < 1.29 is 14.4 Å². The van der Waals surface area contributed by atoms with Crippen molar-refractivity contribution in [3.8, 4) is 0 Å². The molecule has 1 atom stereocenters. The van der Waals surface area contributed by atoms with Crippen LogP contribution in [0.1, 0.15) is 58.8 Å². The topological polar surface area (TPSA) is 103 Å². The lowest BCUT2D eigenvalue weighted by Gasteiger charge is -2.32. The Kier molecular flexibility index (Phi) is 8.76. The van der Waals surface area contributed by atoms with Crippen molar-refractivity contribution in [1.82, 2.24) is 15.5 Å². The molecule has 1 aromatic rings. The number of urea groups is 2. The molecule has 1 aliphatic carbocycles. The molecule has 5 amide bonds. The lowest BCUT2D eigenvalue weighted by Crippen LogP contribution is -2.47. The van der Waals surface area contributed by atoms with Crippen LogP contribution in [0.2, 0.25) is 0 Å². The SMILES string of the molecule is CC(C)CCNC(=O)C1CCCN(C(=O)Nc2ccc(NC(=O)NC3CCCC3)cc2)C1. The van der Waals surface area contributed by atoms with Crippen molar-refractivity contribution in [2.24, 2.45) is 11.8 Å². The summed E-state index contributed by atoms with van der Waals surface area (Å²) in [5, 5.41) is 11.7. The zero-order valence-electron chi connectivity index (χ0n) is 19.3. The number of carbonyl (C=O) groups is 3. The van der Waals surface area contributed by atoms with E-state index in [-0.39, 0.29) is 29.9 Å². The molecular weight excluding hydrogens is 406 g/mol. The molecule has 1 heterocycles. The third-order valence-electron chi connectivity index (χ3n) is 6.18. The number of nitrogens with zero attached hydrogens (tertiary/aromatic N) is 1. The molecule has 2 fully saturated rings. The van der Waals surface area contributed by atoms with Crippen molar-refractivity contribution in [3.63, 3.8) is 0 Å². The molecular formula is C24H37N5O3. The highest BCUT2D eigenvalue weighted by Gasteiger charge is 2.28. The van der Waals surface area contributed by atoms with Gasteiger partial charge in [0.15, 0.2) is 0 Å². The van der Waals surface area contributed by atoms with Crippen molar-refractivity contribution in [2.75, 3.05) is 30.3 Å². The fourth-order valence-corrected chi connectivity index (χ4v) is 4.27. The second kappa shape index (κ2) is 11.7. The van der Waals surface area contributed by atoms with E-state index in [1.165, 1.54) is 12.8 Å². The van der Waals surface area contributed by atoms with Gasteiger partial charge < -0.3 is 26.2 Å². The normalized spacial score (nSPS) is 19.0. The van der Waals surface area contributed by atoms with E-state index in [1.807, 2.05) is 0 Å². The van der Waals surface area contributed by atoms with Gasteiger partial charge >= 0.3 is 12.1 Å². The van der Waals surface area contributed by atoms with Crippen LogP contribution in [0.3, 0.4) is 0 Å². The summed E-state index contributed by atoms with van der Waals surface area (Å²) in [5.74, 6) is 0.424. The number of carbonyl (C=O) groups excluding carboxylic acids is 3. The van der Waals surface area contributed by atoms with Crippen molar-refractivity contribution in [1.29, 1.82) is 0 Å².